The molecule has 0 spiro atoms. The first-order valence-electron chi connectivity index (χ1n) is 9.63. The molecule has 1 aromatic heterocycles. The van der Waals surface area contributed by atoms with Crippen molar-refractivity contribution in [1.82, 2.24) is 9.78 Å². The highest BCUT2D eigenvalue weighted by atomic mass is 32.2. The summed E-state index contributed by atoms with van der Waals surface area (Å²) in [4.78, 5) is 11.2. The van der Waals surface area contributed by atoms with Gasteiger partial charge < -0.3 is 9.84 Å². The number of nitrogens with zero attached hydrogens (tertiary/aromatic N) is 2. The van der Waals surface area contributed by atoms with E-state index in [0.717, 1.165) is 17.9 Å². The van der Waals surface area contributed by atoms with Gasteiger partial charge >= 0.3 is 0 Å². The van der Waals surface area contributed by atoms with E-state index in [1.54, 1.807) is 12.1 Å². The molecule has 0 aliphatic carbocycles. The minimum Gasteiger partial charge on any atom is -0.507 e. The lowest BCUT2D eigenvalue weighted by Gasteiger charge is -2.32. The number of carbonyl (C=O) groups excluding carboxylic acids is 1. The molecule has 2 atom stereocenters. The fourth-order valence-electron chi connectivity index (χ4n) is 3.33. The summed E-state index contributed by atoms with van der Waals surface area (Å²) in [7, 11) is 0. The molecule has 1 aliphatic rings. The number of phenolic OH excluding ortho intramolecular Hbond substituents is 1. The third-order valence-corrected chi connectivity index (χ3v) is 5.80. The summed E-state index contributed by atoms with van der Waals surface area (Å²) in [5, 5.41) is 14.3. The Morgan fingerprint density at radius 2 is 2.15 bits per heavy atom. The van der Waals surface area contributed by atoms with Gasteiger partial charge in [0, 0.05) is 35.5 Å². The fourth-order valence-corrected chi connectivity index (χ4v) is 4.66. The normalized spacial score (nSPS) is 19.3. The highest BCUT2D eigenvalue weighted by Gasteiger charge is 2.30. The lowest BCUT2D eigenvalue weighted by Crippen LogP contribution is -2.29. The number of aromatic hydroxyl groups is 1. The van der Waals surface area contributed by atoms with Gasteiger partial charge in [0.15, 0.2) is 6.29 Å². The molecule has 1 aromatic carbocycles. The smallest absolute Gasteiger partial charge is 0.157 e. The van der Waals surface area contributed by atoms with E-state index >= 15 is 0 Å². The summed E-state index contributed by atoms with van der Waals surface area (Å²) in [5.41, 5.74) is 1.47. The van der Waals surface area contributed by atoms with E-state index in [9.17, 15) is 9.90 Å². The molecule has 148 valence electrons. The maximum absolute atomic E-state index is 11.2. The van der Waals surface area contributed by atoms with Crippen molar-refractivity contribution in [3.63, 3.8) is 0 Å². The molecule has 1 saturated heterocycles. The van der Waals surface area contributed by atoms with Crippen molar-refractivity contribution >= 4 is 18.0 Å². The molecule has 5 nitrogen and oxygen atoms in total. The Hall–Kier alpha value is -1.95. The Balaban J connectivity index is 0.00000126. The van der Waals surface area contributed by atoms with Gasteiger partial charge in [0.25, 0.3) is 0 Å². The maximum atomic E-state index is 11.2. The first kappa shape index (κ1) is 21.4. The molecular weight excluding hydrogens is 360 g/mol. The zero-order valence-electron chi connectivity index (χ0n) is 16.6. The quantitative estimate of drug-likeness (QED) is 0.709. The van der Waals surface area contributed by atoms with Gasteiger partial charge in [-0.25, -0.2) is 0 Å². The number of benzene rings is 1. The number of phenols is 1. The van der Waals surface area contributed by atoms with Crippen LogP contribution in [0.25, 0.3) is 0 Å². The lowest BCUT2D eigenvalue weighted by atomic mass is 9.88. The number of hydrogen-bond donors (Lipinski definition) is 1. The number of hydrogen-bond acceptors (Lipinski definition) is 5. The Morgan fingerprint density at radius 1 is 1.37 bits per heavy atom. The second kappa shape index (κ2) is 10.4. The van der Waals surface area contributed by atoms with E-state index in [4.69, 9.17) is 4.74 Å². The van der Waals surface area contributed by atoms with E-state index in [0.29, 0.717) is 36.5 Å². The monoisotopic (exact) mass is 390 g/mol. The summed E-state index contributed by atoms with van der Waals surface area (Å²) < 4.78 is 8.04. The summed E-state index contributed by atoms with van der Waals surface area (Å²) in [6, 6.07) is 7.35. The molecule has 6 heteroatoms. The average Bonchev–Trinajstić information content (AvgIpc) is 3.18. The Morgan fingerprint density at radius 3 is 2.85 bits per heavy atom. The van der Waals surface area contributed by atoms with Crippen molar-refractivity contribution in [3.05, 3.63) is 41.7 Å². The second-order valence-corrected chi connectivity index (χ2v) is 7.79. The molecule has 0 radical (unpaired) electrons. The Kier molecular flexibility index (Phi) is 8.23. The van der Waals surface area contributed by atoms with Crippen LogP contribution in [0.5, 0.6) is 11.5 Å². The highest BCUT2D eigenvalue weighted by molar-refractivity contribution is 7.99. The number of thioether (sulfide) groups is 1. The van der Waals surface area contributed by atoms with E-state index in [-0.39, 0.29) is 11.3 Å². The van der Waals surface area contributed by atoms with Crippen LogP contribution in [-0.2, 0) is 0 Å². The Bertz CT molecular complexity index is 730. The number of ether oxygens (including phenoxy) is 1. The third-order valence-electron chi connectivity index (χ3n) is 4.68. The zero-order valence-corrected chi connectivity index (χ0v) is 17.4. The standard InChI is InChI=1S/C19H24N2O3S.C2H6/c1-13(2)21-17(6-8-20-21)16-12-25-9-7-14(16)11-24-19-5-3-4-18(23)15(19)10-22;1-2/h3-6,8,10,13-14,16,23H,7,9,11-12H2,1-2H3;1-2H3. The Labute approximate surface area is 166 Å². The van der Waals surface area contributed by atoms with Gasteiger partial charge in [-0.1, -0.05) is 19.9 Å². The highest BCUT2D eigenvalue weighted by Crippen LogP contribution is 2.37. The molecule has 1 N–H and O–H groups in total. The SMILES string of the molecule is CC.CC(C)n1nccc1C1CSCCC1COc1cccc(O)c1C=O. The zero-order chi connectivity index (χ0) is 19.8. The van der Waals surface area contributed by atoms with Crippen LogP contribution in [0.3, 0.4) is 0 Å². The molecule has 1 fully saturated rings. The lowest BCUT2D eigenvalue weighted by molar-refractivity contribution is 0.111. The van der Waals surface area contributed by atoms with E-state index in [1.165, 1.54) is 11.8 Å². The topological polar surface area (TPSA) is 64.3 Å². The second-order valence-electron chi connectivity index (χ2n) is 6.64. The fraction of sp³-hybridized carbons (Fsp3) is 0.524. The molecule has 27 heavy (non-hydrogen) atoms. The molecule has 1 aliphatic heterocycles. The summed E-state index contributed by atoms with van der Waals surface area (Å²) >= 11 is 1.96. The number of aromatic nitrogens is 2. The van der Waals surface area contributed by atoms with Crippen molar-refractivity contribution < 1.29 is 14.6 Å². The first-order chi connectivity index (χ1) is 13.1. The molecule has 0 bridgehead atoms. The van der Waals surface area contributed by atoms with Crippen LogP contribution < -0.4 is 4.74 Å². The molecule has 0 saturated carbocycles. The van der Waals surface area contributed by atoms with E-state index in [2.05, 4.69) is 29.7 Å². The minimum atomic E-state index is -0.0406. The molecular formula is C21H30N2O3S. The predicted octanol–water partition coefficient (Wildman–Crippen LogP) is 4.92. The van der Waals surface area contributed by atoms with Crippen molar-refractivity contribution in [3.8, 4) is 11.5 Å². The molecule has 2 aromatic rings. The molecule has 0 amide bonds. The minimum absolute atomic E-state index is 0.0406. The van der Waals surface area contributed by atoms with Crippen LogP contribution in [-0.4, -0.2) is 39.3 Å². The van der Waals surface area contributed by atoms with Gasteiger partial charge in [-0.3, -0.25) is 9.48 Å². The number of rotatable bonds is 6. The van der Waals surface area contributed by atoms with Gasteiger partial charge in [-0.05, 0) is 44.2 Å². The van der Waals surface area contributed by atoms with Gasteiger partial charge in [-0.2, -0.15) is 16.9 Å². The average molecular weight is 391 g/mol. The predicted molar refractivity (Wildman–Crippen MR) is 111 cm³/mol. The third kappa shape index (κ3) is 5.06. The summed E-state index contributed by atoms with van der Waals surface area (Å²) in [6.07, 6.45) is 3.58. The number of carbonyl (C=O) groups is 1. The van der Waals surface area contributed by atoms with Crippen LogP contribution in [0.2, 0.25) is 0 Å². The van der Waals surface area contributed by atoms with Crippen molar-refractivity contribution in [1.29, 1.82) is 0 Å². The van der Waals surface area contributed by atoms with Gasteiger partial charge in [0.1, 0.15) is 11.5 Å². The van der Waals surface area contributed by atoms with E-state index < -0.39 is 0 Å². The van der Waals surface area contributed by atoms with Crippen molar-refractivity contribution in [2.24, 2.45) is 5.92 Å². The van der Waals surface area contributed by atoms with Crippen LogP contribution >= 0.6 is 11.8 Å². The number of aldehydes is 1. The maximum Gasteiger partial charge on any atom is 0.157 e. The van der Waals surface area contributed by atoms with Crippen LogP contribution in [0, 0.1) is 5.92 Å². The van der Waals surface area contributed by atoms with Crippen molar-refractivity contribution in [2.75, 3.05) is 18.1 Å². The molecule has 2 unspecified atom stereocenters. The van der Waals surface area contributed by atoms with E-state index in [1.807, 2.05) is 31.8 Å². The molecule has 2 heterocycles. The van der Waals surface area contributed by atoms with Crippen LogP contribution in [0.15, 0.2) is 30.5 Å². The summed E-state index contributed by atoms with van der Waals surface area (Å²) in [6.45, 7) is 8.81. The van der Waals surface area contributed by atoms with Crippen LogP contribution in [0.1, 0.15) is 62.1 Å². The van der Waals surface area contributed by atoms with Gasteiger partial charge in [0.2, 0.25) is 0 Å². The summed E-state index contributed by atoms with van der Waals surface area (Å²) in [5.74, 6) is 3.30. The van der Waals surface area contributed by atoms with Crippen LogP contribution in [0.4, 0.5) is 0 Å². The van der Waals surface area contributed by atoms with Crippen molar-refractivity contribution in [2.45, 2.75) is 46.1 Å². The first-order valence-corrected chi connectivity index (χ1v) is 10.8. The van der Waals surface area contributed by atoms with Gasteiger partial charge in [-0.15, -0.1) is 0 Å². The van der Waals surface area contributed by atoms with Gasteiger partial charge in [0.05, 0.1) is 12.2 Å². The largest absolute Gasteiger partial charge is 0.507 e. The molecule has 3 rings (SSSR count).